The van der Waals surface area contributed by atoms with Crippen LogP contribution in [0.1, 0.15) is 18.1 Å². The molecule has 5 heteroatoms. The lowest BCUT2D eigenvalue weighted by Gasteiger charge is -2.02. The first-order chi connectivity index (χ1) is 9.02. The number of esters is 1. The largest absolute Gasteiger partial charge is 0.465 e. The minimum absolute atomic E-state index is 0.119. The Labute approximate surface area is 121 Å². The number of halogens is 1. The van der Waals surface area contributed by atoms with Crippen molar-refractivity contribution in [2.24, 2.45) is 0 Å². The number of hydrogen-bond donors (Lipinski definition) is 1. The number of hydrogen-bond acceptors (Lipinski definition) is 3. The predicted octanol–water partition coefficient (Wildman–Crippen LogP) is 2.45. The van der Waals surface area contributed by atoms with Gasteiger partial charge in [-0.15, -0.1) is 0 Å². The van der Waals surface area contributed by atoms with E-state index in [1.807, 2.05) is 25.1 Å². The molecular weight excluding hydrogens is 310 g/mol. The molecule has 0 bridgehead atoms. The summed E-state index contributed by atoms with van der Waals surface area (Å²) in [6, 6.07) is 5.84. The molecule has 0 saturated heterocycles. The van der Waals surface area contributed by atoms with Gasteiger partial charge < -0.3 is 10.1 Å². The Balaban J connectivity index is 2.52. The molecule has 102 valence electrons. The van der Waals surface area contributed by atoms with Gasteiger partial charge in [-0.05, 0) is 37.1 Å². The van der Waals surface area contributed by atoms with Gasteiger partial charge in [0, 0.05) is 10.5 Å². The fraction of sp³-hybridized carbons (Fsp3) is 0.286. The number of amides is 1. The fourth-order valence-corrected chi connectivity index (χ4v) is 1.99. The maximum Gasteiger partial charge on any atom is 0.325 e. The molecule has 0 aliphatic heterocycles. The monoisotopic (exact) mass is 325 g/mol. The smallest absolute Gasteiger partial charge is 0.325 e. The molecule has 4 nitrogen and oxygen atoms in total. The van der Waals surface area contributed by atoms with Gasteiger partial charge in [-0.2, -0.15) is 0 Å². The molecule has 0 atom stereocenters. The average molecular weight is 326 g/mol. The van der Waals surface area contributed by atoms with Crippen molar-refractivity contribution in [3.05, 3.63) is 39.9 Å². The van der Waals surface area contributed by atoms with E-state index in [1.165, 1.54) is 6.08 Å². The quantitative estimate of drug-likeness (QED) is 0.668. The van der Waals surface area contributed by atoms with Crippen LogP contribution in [0, 0.1) is 6.92 Å². The molecule has 0 spiro atoms. The van der Waals surface area contributed by atoms with Gasteiger partial charge in [-0.1, -0.05) is 28.1 Å². The Morgan fingerprint density at radius 1 is 1.42 bits per heavy atom. The highest BCUT2D eigenvalue weighted by atomic mass is 79.9. The molecule has 1 rings (SSSR count). The van der Waals surface area contributed by atoms with E-state index in [0.717, 1.165) is 15.6 Å². The molecule has 0 aromatic heterocycles. The van der Waals surface area contributed by atoms with Crippen LogP contribution in [0.2, 0.25) is 0 Å². The summed E-state index contributed by atoms with van der Waals surface area (Å²) in [5.41, 5.74) is 2.03. The van der Waals surface area contributed by atoms with Gasteiger partial charge >= 0.3 is 5.97 Å². The molecular formula is C14H16BrNO3. The lowest BCUT2D eigenvalue weighted by atomic mass is 10.1. The maximum atomic E-state index is 11.5. The first kappa shape index (κ1) is 15.4. The van der Waals surface area contributed by atoms with Crippen molar-refractivity contribution >= 4 is 33.9 Å². The van der Waals surface area contributed by atoms with Crippen molar-refractivity contribution < 1.29 is 14.3 Å². The van der Waals surface area contributed by atoms with Gasteiger partial charge in [0.15, 0.2) is 0 Å². The van der Waals surface area contributed by atoms with E-state index in [4.69, 9.17) is 4.74 Å². The Hall–Kier alpha value is -1.62. The van der Waals surface area contributed by atoms with Gasteiger partial charge in [-0.3, -0.25) is 9.59 Å². The second-order valence-corrected chi connectivity index (χ2v) is 4.74. The number of aryl methyl sites for hydroxylation is 1. The molecule has 1 N–H and O–H groups in total. The van der Waals surface area contributed by atoms with E-state index in [1.54, 1.807) is 13.0 Å². The number of nitrogens with one attached hydrogen (secondary N) is 1. The topological polar surface area (TPSA) is 55.4 Å². The Bertz CT molecular complexity index is 497. The molecule has 1 amide bonds. The predicted molar refractivity (Wildman–Crippen MR) is 77.6 cm³/mol. The highest BCUT2D eigenvalue weighted by Crippen LogP contribution is 2.19. The molecule has 19 heavy (non-hydrogen) atoms. The van der Waals surface area contributed by atoms with Crippen LogP contribution in [0.4, 0.5) is 0 Å². The summed E-state index contributed by atoms with van der Waals surface area (Å²) in [5.74, 6) is -0.777. The Kier molecular flexibility index (Phi) is 6.29. The van der Waals surface area contributed by atoms with Crippen molar-refractivity contribution in [3.63, 3.8) is 0 Å². The lowest BCUT2D eigenvalue weighted by Crippen LogP contribution is -2.29. The number of ether oxygens (including phenoxy) is 1. The van der Waals surface area contributed by atoms with E-state index >= 15 is 0 Å². The van der Waals surface area contributed by atoms with Crippen molar-refractivity contribution in [3.8, 4) is 0 Å². The highest BCUT2D eigenvalue weighted by molar-refractivity contribution is 9.10. The van der Waals surface area contributed by atoms with Gasteiger partial charge in [-0.25, -0.2) is 0 Å². The van der Waals surface area contributed by atoms with Crippen LogP contribution in [0.3, 0.4) is 0 Å². The summed E-state index contributed by atoms with van der Waals surface area (Å²) in [6.45, 7) is 3.89. The molecule has 0 saturated carbocycles. The molecule has 0 unspecified atom stereocenters. The van der Waals surface area contributed by atoms with E-state index in [9.17, 15) is 9.59 Å². The van der Waals surface area contributed by atoms with Crippen molar-refractivity contribution in [2.75, 3.05) is 13.2 Å². The molecule has 0 heterocycles. The molecule has 0 aliphatic rings. The highest BCUT2D eigenvalue weighted by Gasteiger charge is 2.03. The zero-order chi connectivity index (χ0) is 14.3. The number of carbonyl (C=O) groups is 2. The number of benzene rings is 1. The standard InChI is InChI=1S/C14H16BrNO3/c1-3-19-14(18)9-16-13(17)7-6-11-5-4-10(2)8-12(11)15/h4-8H,3,9H2,1-2H3,(H,16,17)/b7-6+. The number of rotatable bonds is 5. The lowest BCUT2D eigenvalue weighted by molar-refractivity contribution is -0.143. The summed E-state index contributed by atoms with van der Waals surface area (Å²) in [5, 5.41) is 2.45. The second-order valence-electron chi connectivity index (χ2n) is 3.88. The van der Waals surface area contributed by atoms with Gasteiger partial charge in [0.2, 0.25) is 5.91 Å². The molecule has 0 aliphatic carbocycles. The first-order valence-corrected chi connectivity index (χ1v) is 6.70. The van der Waals surface area contributed by atoms with Crippen LogP contribution in [0.25, 0.3) is 6.08 Å². The van der Waals surface area contributed by atoms with Crippen LogP contribution in [0.5, 0.6) is 0 Å². The molecule has 0 fully saturated rings. The van der Waals surface area contributed by atoms with E-state index in [0.29, 0.717) is 6.61 Å². The minimum atomic E-state index is -0.444. The molecule has 1 aromatic carbocycles. The van der Waals surface area contributed by atoms with E-state index in [2.05, 4.69) is 21.2 Å². The second kappa shape index (κ2) is 7.74. The third-order valence-corrected chi connectivity index (χ3v) is 2.97. The van der Waals surface area contributed by atoms with Gasteiger partial charge in [0.1, 0.15) is 6.54 Å². The SMILES string of the molecule is CCOC(=O)CNC(=O)/C=C/c1ccc(C)cc1Br. The number of carbonyl (C=O) groups excluding carboxylic acids is 2. The Morgan fingerprint density at radius 2 is 2.16 bits per heavy atom. The summed E-state index contributed by atoms with van der Waals surface area (Å²) in [4.78, 5) is 22.5. The maximum absolute atomic E-state index is 11.5. The third kappa shape index (κ3) is 5.70. The molecule has 0 radical (unpaired) electrons. The Morgan fingerprint density at radius 3 is 2.79 bits per heavy atom. The summed E-state index contributed by atoms with van der Waals surface area (Å²) >= 11 is 3.42. The average Bonchev–Trinajstić information content (AvgIpc) is 2.35. The summed E-state index contributed by atoms with van der Waals surface area (Å²) in [6.07, 6.45) is 3.07. The molecule has 1 aromatic rings. The first-order valence-electron chi connectivity index (χ1n) is 5.90. The summed E-state index contributed by atoms with van der Waals surface area (Å²) < 4.78 is 5.62. The normalized spacial score (nSPS) is 10.5. The zero-order valence-electron chi connectivity index (χ0n) is 10.9. The van der Waals surface area contributed by atoms with Gasteiger partial charge in [0.25, 0.3) is 0 Å². The van der Waals surface area contributed by atoms with Gasteiger partial charge in [0.05, 0.1) is 6.61 Å². The van der Waals surface area contributed by atoms with E-state index in [-0.39, 0.29) is 12.5 Å². The van der Waals surface area contributed by atoms with Crippen LogP contribution < -0.4 is 5.32 Å². The van der Waals surface area contributed by atoms with Crippen molar-refractivity contribution in [1.29, 1.82) is 0 Å². The zero-order valence-corrected chi connectivity index (χ0v) is 12.5. The summed E-state index contributed by atoms with van der Waals surface area (Å²) in [7, 11) is 0. The van der Waals surface area contributed by atoms with Crippen molar-refractivity contribution in [2.45, 2.75) is 13.8 Å². The van der Waals surface area contributed by atoms with Crippen LogP contribution in [0.15, 0.2) is 28.7 Å². The minimum Gasteiger partial charge on any atom is -0.465 e. The fourth-order valence-electron chi connectivity index (χ4n) is 1.36. The van der Waals surface area contributed by atoms with E-state index < -0.39 is 5.97 Å². The van der Waals surface area contributed by atoms with Crippen LogP contribution in [-0.4, -0.2) is 25.0 Å². The van der Waals surface area contributed by atoms with Crippen molar-refractivity contribution in [1.82, 2.24) is 5.32 Å². The van der Waals surface area contributed by atoms with Crippen LogP contribution in [-0.2, 0) is 14.3 Å². The third-order valence-electron chi connectivity index (χ3n) is 2.28. The van der Waals surface area contributed by atoms with Crippen LogP contribution >= 0.6 is 15.9 Å².